The first kappa shape index (κ1) is 12.4. The summed E-state index contributed by atoms with van der Waals surface area (Å²) in [7, 11) is 0. The van der Waals surface area contributed by atoms with E-state index < -0.39 is 0 Å². The van der Waals surface area contributed by atoms with Crippen LogP contribution in [0.2, 0.25) is 0 Å². The molecule has 0 aliphatic heterocycles. The second-order valence-corrected chi connectivity index (χ2v) is 3.54. The number of hydrogen-bond acceptors (Lipinski definition) is 3. The van der Waals surface area contributed by atoms with Gasteiger partial charge in [-0.2, -0.15) is 0 Å². The first-order valence-corrected chi connectivity index (χ1v) is 5.35. The molecule has 0 saturated heterocycles. The summed E-state index contributed by atoms with van der Waals surface area (Å²) in [5.74, 6) is -0.289. The Bertz CT molecular complexity index is 491. The Balaban J connectivity index is 3.14. The van der Waals surface area contributed by atoms with Crippen LogP contribution in [0.25, 0.3) is 12.2 Å². The van der Waals surface area contributed by atoms with Crippen LogP contribution in [0.3, 0.4) is 0 Å². The van der Waals surface area contributed by atoms with Gasteiger partial charge in [0.25, 0.3) is 0 Å². The molecule has 1 rings (SSSR count). The summed E-state index contributed by atoms with van der Waals surface area (Å²) in [6.45, 7) is 7.13. The lowest BCUT2D eigenvalue weighted by Crippen LogP contribution is -2.29. The molecule has 1 unspecified atom stereocenters. The first-order chi connectivity index (χ1) is 7.58. The van der Waals surface area contributed by atoms with Crippen molar-refractivity contribution in [3.63, 3.8) is 0 Å². The fraction of sp³-hybridized carbons (Fsp3) is 0.385. The number of carbonyl (C=O) groups excluding carboxylic acids is 1. The van der Waals surface area contributed by atoms with E-state index in [2.05, 4.69) is 4.98 Å². The fourth-order valence-electron chi connectivity index (χ4n) is 1.51. The smallest absolute Gasteiger partial charge is 0.303 e. The highest BCUT2D eigenvalue weighted by atomic mass is 16.5. The minimum absolute atomic E-state index is 0.289. The maximum Gasteiger partial charge on any atom is 0.303 e. The predicted octanol–water partition coefficient (Wildman–Crippen LogP) is 1.31. The molecule has 0 spiro atoms. The number of carbonyl (C=O) groups is 1. The number of ether oxygens (including phenoxy) is 1. The summed E-state index contributed by atoms with van der Waals surface area (Å²) >= 11 is 0. The zero-order valence-electron chi connectivity index (χ0n) is 10.2. The molecule has 0 aromatic carbocycles. The Morgan fingerprint density at radius 1 is 1.38 bits per heavy atom. The number of hydrogen-bond donors (Lipinski definition) is 0. The van der Waals surface area contributed by atoms with Crippen molar-refractivity contribution >= 4 is 18.1 Å². The van der Waals surface area contributed by atoms with Gasteiger partial charge in [0.15, 0.2) is 0 Å². The number of aromatic nitrogens is 1. The Hall–Kier alpha value is -1.64. The number of esters is 1. The highest BCUT2D eigenvalue weighted by Crippen LogP contribution is 2.11. The van der Waals surface area contributed by atoms with Gasteiger partial charge in [-0.15, -0.1) is 0 Å². The molecule has 86 valence electrons. The molecule has 0 saturated carbocycles. The van der Waals surface area contributed by atoms with Crippen molar-refractivity contribution in [2.75, 3.05) is 0 Å². The largest absolute Gasteiger partial charge is 0.456 e. The van der Waals surface area contributed by atoms with Crippen LogP contribution < -0.4 is 10.6 Å². The molecule has 3 heteroatoms. The van der Waals surface area contributed by atoms with Gasteiger partial charge in [-0.1, -0.05) is 18.2 Å². The van der Waals surface area contributed by atoms with Crippen LogP contribution >= 0.6 is 0 Å². The Labute approximate surface area is 95.5 Å². The van der Waals surface area contributed by atoms with Gasteiger partial charge in [0.2, 0.25) is 0 Å². The lowest BCUT2D eigenvalue weighted by Gasteiger charge is -2.10. The van der Waals surface area contributed by atoms with Crippen molar-refractivity contribution in [2.45, 2.75) is 33.8 Å². The van der Waals surface area contributed by atoms with Crippen molar-refractivity contribution in [1.29, 1.82) is 0 Å². The highest BCUT2D eigenvalue weighted by molar-refractivity contribution is 5.66. The van der Waals surface area contributed by atoms with Gasteiger partial charge in [-0.3, -0.25) is 4.79 Å². The lowest BCUT2D eigenvalue weighted by atomic mass is 10.2. The van der Waals surface area contributed by atoms with E-state index in [-0.39, 0.29) is 12.1 Å². The van der Waals surface area contributed by atoms with Crippen molar-refractivity contribution < 1.29 is 9.53 Å². The number of pyridine rings is 1. The van der Waals surface area contributed by atoms with Crippen molar-refractivity contribution in [3.8, 4) is 0 Å². The van der Waals surface area contributed by atoms with Gasteiger partial charge in [0, 0.05) is 6.92 Å². The van der Waals surface area contributed by atoms with Crippen LogP contribution in [0.1, 0.15) is 39.5 Å². The normalized spacial score (nSPS) is 15.0. The van der Waals surface area contributed by atoms with E-state index in [4.69, 9.17) is 4.74 Å². The van der Waals surface area contributed by atoms with Crippen molar-refractivity contribution in [2.24, 2.45) is 0 Å². The molecule has 0 N–H and O–H groups in total. The molecule has 0 aliphatic rings. The van der Waals surface area contributed by atoms with E-state index in [1.54, 1.807) is 0 Å². The molecule has 0 amide bonds. The molecule has 0 aliphatic carbocycles. The van der Waals surface area contributed by atoms with Gasteiger partial charge in [-0.05, 0) is 32.1 Å². The third-order valence-corrected chi connectivity index (χ3v) is 2.32. The SMILES string of the molecule is CC=c1ccc(C(C)OC(C)=O)nc1=CC. The van der Waals surface area contributed by atoms with E-state index >= 15 is 0 Å². The van der Waals surface area contributed by atoms with E-state index in [1.165, 1.54) is 6.92 Å². The third kappa shape index (κ3) is 2.92. The first-order valence-electron chi connectivity index (χ1n) is 5.35. The number of rotatable bonds is 2. The summed E-state index contributed by atoms with van der Waals surface area (Å²) < 4.78 is 5.08. The fourth-order valence-corrected chi connectivity index (χ4v) is 1.51. The van der Waals surface area contributed by atoms with Crippen molar-refractivity contribution in [3.05, 3.63) is 28.4 Å². The van der Waals surface area contributed by atoms with E-state index in [0.717, 1.165) is 16.3 Å². The van der Waals surface area contributed by atoms with Crippen molar-refractivity contribution in [1.82, 2.24) is 4.98 Å². The van der Waals surface area contributed by atoms with Crippen LogP contribution in [0.5, 0.6) is 0 Å². The Kier molecular flexibility index (Phi) is 4.23. The second kappa shape index (κ2) is 5.45. The zero-order valence-corrected chi connectivity index (χ0v) is 10.2. The lowest BCUT2D eigenvalue weighted by molar-refractivity contribution is -0.146. The van der Waals surface area contributed by atoms with E-state index in [0.29, 0.717) is 0 Å². The summed E-state index contributed by atoms with van der Waals surface area (Å²) in [6.07, 6.45) is 3.64. The van der Waals surface area contributed by atoms with Gasteiger partial charge in [0.05, 0.1) is 11.0 Å². The van der Waals surface area contributed by atoms with Gasteiger partial charge >= 0.3 is 5.97 Å². The van der Waals surface area contributed by atoms with Crippen LogP contribution in [-0.4, -0.2) is 11.0 Å². The molecule has 0 fully saturated rings. The molecule has 1 aromatic rings. The van der Waals surface area contributed by atoms with E-state index in [1.807, 2.05) is 45.1 Å². The molecule has 16 heavy (non-hydrogen) atoms. The summed E-state index contributed by atoms with van der Waals surface area (Å²) in [4.78, 5) is 15.3. The Morgan fingerprint density at radius 3 is 2.56 bits per heavy atom. The second-order valence-electron chi connectivity index (χ2n) is 3.54. The molecule has 1 atom stereocenters. The summed E-state index contributed by atoms with van der Waals surface area (Å²) in [5, 5.41) is 2.00. The van der Waals surface area contributed by atoms with Gasteiger partial charge in [-0.25, -0.2) is 4.98 Å². The topological polar surface area (TPSA) is 39.2 Å². The zero-order chi connectivity index (χ0) is 12.1. The molecular formula is C13H17NO2. The molecule has 0 bridgehead atoms. The average Bonchev–Trinajstić information content (AvgIpc) is 2.27. The van der Waals surface area contributed by atoms with Crippen LogP contribution in [0, 0.1) is 0 Å². The van der Waals surface area contributed by atoms with Crippen LogP contribution in [0.4, 0.5) is 0 Å². The Morgan fingerprint density at radius 2 is 2.06 bits per heavy atom. The minimum atomic E-state index is -0.304. The maximum absolute atomic E-state index is 10.8. The molecular weight excluding hydrogens is 202 g/mol. The minimum Gasteiger partial charge on any atom is -0.456 e. The van der Waals surface area contributed by atoms with Crippen LogP contribution in [-0.2, 0) is 9.53 Å². The average molecular weight is 219 g/mol. The summed E-state index contributed by atoms with van der Waals surface area (Å²) in [5.41, 5.74) is 0.772. The monoisotopic (exact) mass is 219 g/mol. The number of nitrogens with zero attached hydrogens (tertiary/aromatic N) is 1. The highest BCUT2D eigenvalue weighted by Gasteiger charge is 2.09. The van der Waals surface area contributed by atoms with E-state index in [9.17, 15) is 4.79 Å². The van der Waals surface area contributed by atoms with Crippen LogP contribution in [0.15, 0.2) is 12.1 Å². The predicted molar refractivity (Wildman–Crippen MR) is 63.9 cm³/mol. The quantitative estimate of drug-likeness (QED) is 0.704. The molecule has 3 nitrogen and oxygen atoms in total. The third-order valence-electron chi connectivity index (χ3n) is 2.32. The molecule has 0 radical (unpaired) electrons. The molecule has 1 aromatic heterocycles. The molecule has 1 heterocycles. The van der Waals surface area contributed by atoms with Gasteiger partial charge < -0.3 is 4.74 Å². The van der Waals surface area contributed by atoms with Gasteiger partial charge in [0.1, 0.15) is 6.10 Å². The summed E-state index contributed by atoms with van der Waals surface area (Å²) in [6, 6.07) is 3.87. The standard InChI is InChI=1S/C13H17NO2/c1-5-11-7-8-13(14-12(11)6-2)9(3)16-10(4)15/h5-9H,1-4H3. The maximum atomic E-state index is 10.8.